The zero-order valence-corrected chi connectivity index (χ0v) is 53.0. The van der Waals surface area contributed by atoms with Crippen molar-refractivity contribution in [3.8, 4) is 0 Å². The molecule has 0 fully saturated rings. The van der Waals surface area contributed by atoms with Crippen molar-refractivity contribution in [2.45, 2.75) is 323 Å². The Morgan fingerprint density at radius 2 is 0.575 bits per heavy atom. The molecule has 0 radical (unpaired) electrons. The summed E-state index contributed by atoms with van der Waals surface area (Å²) in [5, 5.41) is 10.5. The Kier molecular flexibility index (Phi) is 53.6. The van der Waals surface area contributed by atoms with Crippen LogP contribution < -0.4 is 0 Å². The summed E-state index contributed by atoms with van der Waals surface area (Å²) < 4.78 is 67.7. The van der Waals surface area contributed by atoms with E-state index in [4.69, 9.17) is 37.0 Å². The van der Waals surface area contributed by atoms with Crippen LogP contribution in [0.15, 0.2) is 0 Å². The Balaban J connectivity index is 5.16. The van der Waals surface area contributed by atoms with Gasteiger partial charge in [0, 0.05) is 25.7 Å². The lowest BCUT2D eigenvalue weighted by Crippen LogP contribution is -2.30. The standard InChI is InChI=1S/C61H118O17P2/c1-6-9-12-15-18-25-31-35-40-45-59(64)72-51-57(78-61(66)47-42-37-32-27-24-22-20-21-23-26-29-33-38-43-54(4)5)53-76-80(69,70)74-49-55(62)48-73-79(67,68)75-52-56(50-71-58(63)44-39-34-28-17-14-11-8-3)77-60(65)46-41-36-30-19-16-13-10-7-2/h54-57,62H,6-53H2,1-5H3,(H,67,68)(H,69,70)/t55-,56+,57+/m0/s1. The zero-order chi connectivity index (χ0) is 59.2. The third-order valence-corrected chi connectivity index (χ3v) is 15.9. The molecule has 0 amide bonds. The van der Waals surface area contributed by atoms with Crippen LogP contribution in [-0.2, 0) is 65.4 Å². The minimum absolute atomic E-state index is 0.105. The monoisotopic (exact) mass is 1180 g/mol. The van der Waals surface area contributed by atoms with Gasteiger partial charge in [-0.25, -0.2) is 9.13 Å². The highest BCUT2D eigenvalue weighted by Gasteiger charge is 2.30. The maximum atomic E-state index is 12.9. The van der Waals surface area contributed by atoms with Gasteiger partial charge in [0.2, 0.25) is 0 Å². The van der Waals surface area contributed by atoms with Crippen LogP contribution >= 0.6 is 15.6 Å². The van der Waals surface area contributed by atoms with Crippen LogP contribution in [-0.4, -0.2) is 96.7 Å². The highest BCUT2D eigenvalue weighted by Crippen LogP contribution is 2.45. The van der Waals surface area contributed by atoms with Gasteiger partial charge in [0.05, 0.1) is 26.4 Å². The predicted molar refractivity (Wildman–Crippen MR) is 317 cm³/mol. The van der Waals surface area contributed by atoms with Crippen molar-refractivity contribution >= 4 is 39.5 Å². The van der Waals surface area contributed by atoms with Crippen LogP contribution in [0.2, 0.25) is 0 Å². The Bertz CT molecular complexity index is 1570. The molecule has 0 heterocycles. The van der Waals surface area contributed by atoms with E-state index in [9.17, 15) is 43.2 Å². The van der Waals surface area contributed by atoms with Crippen molar-refractivity contribution in [1.82, 2.24) is 0 Å². The second kappa shape index (κ2) is 55.0. The van der Waals surface area contributed by atoms with Crippen LogP contribution in [0, 0.1) is 5.92 Å². The SMILES string of the molecule is CCCCCCCCCCCC(=O)OC[C@H](COP(=O)(O)OC[C@@H](O)COP(=O)(O)OC[C@@H](COC(=O)CCCCCCCCC)OC(=O)CCCCCCCCCC)OC(=O)CCCCCCCCCCCCCCCC(C)C. The molecule has 3 N–H and O–H groups in total. The molecule has 80 heavy (non-hydrogen) atoms. The van der Waals surface area contributed by atoms with Gasteiger partial charge in [0.25, 0.3) is 0 Å². The first-order valence-corrected chi connectivity index (χ1v) is 35.1. The van der Waals surface area contributed by atoms with Crippen LogP contribution in [0.1, 0.15) is 304 Å². The Labute approximate surface area is 486 Å². The molecule has 19 heteroatoms. The first kappa shape index (κ1) is 78.1. The summed E-state index contributed by atoms with van der Waals surface area (Å²) in [6.45, 7) is 7.11. The summed E-state index contributed by atoms with van der Waals surface area (Å²) in [7, 11) is -9.87. The van der Waals surface area contributed by atoms with Crippen LogP contribution in [0.4, 0.5) is 0 Å². The number of hydrogen-bond acceptors (Lipinski definition) is 15. The number of carbonyl (C=O) groups excluding carboxylic acids is 4. The Hall–Kier alpha value is -1.94. The van der Waals surface area contributed by atoms with Gasteiger partial charge in [-0.15, -0.1) is 0 Å². The highest BCUT2D eigenvalue weighted by molar-refractivity contribution is 7.47. The maximum Gasteiger partial charge on any atom is 0.472 e. The topological polar surface area (TPSA) is 237 Å². The number of ether oxygens (including phenoxy) is 4. The zero-order valence-electron chi connectivity index (χ0n) is 51.2. The van der Waals surface area contributed by atoms with Gasteiger partial charge in [-0.05, 0) is 31.6 Å². The van der Waals surface area contributed by atoms with Crippen LogP contribution in [0.25, 0.3) is 0 Å². The van der Waals surface area contributed by atoms with E-state index in [1.807, 2.05) is 0 Å². The predicted octanol–water partition coefficient (Wildman–Crippen LogP) is 16.6. The lowest BCUT2D eigenvalue weighted by atomic mass is 10.0. The van der Waals surface area contributed by atoms with Gasteiger partial charge in [-0.1, -0.05) is 253 Å². The van der Waals surface area contributed by atoms with E-state index < -0.39 is 97.5 Å². The van der Waals surface area contributed by atoms with Crippen molar-refractivity contribution < 1.29 is 80.2 Å². The molecular weight excluding hydrogens is 1070 g/mol. The molecule has 0 spiro atoms. The maximum absolute atomic E-state index is 12.9. The third-order valence-electron chi connectivity index (χ3n) is 14.0. The molecule has 0 saturated heterocycles. The molecule has 0 aromatic carbocycles. The van der Waals surface area contributed by atoms with Crippen LogP contribution in [0.5, 0.6) is 0 Å². The number of unbranched alkanes of at least 4 members (excludes halogenated alkanes) is 33. The van der Waals surface area contributed by atoms with Gasteiger partial charge >= 0.3 is 39.5 Å². The van der Waals surface area contributed by atoms with E-state index in [0.717, 1.165) is 115 Å². The highest BCUT2D eigenvalue weighted by atomic mass is 31.2. The van der Waals surface area contributed by atoms with E-state index in [2.05, 4.69) is 34.6 Å². The number of aliphatic hydroxyl groups excluding tert-OH is 1. The van der Waals surface area contributed by atoms with Crippen molar-refractivity contribution in [3.63, 3.8) is 0 Å². The molecule has 0 aromatic rings. The van der Waals surface area contributed by atoms with Gasteiger partial charge < -0.3 is 33.8 Å². The fourth-order valence-electron chi connectivity index (χ4n) is 9.05. The largest absolute Gasteiger partial charge is 0.472 e. The quantitative estimate of drug-likeness (QED) is 0.0222. The van der Waals surface area contributed by atoms with E-state index in [1.165, 1.54) is 109 Å². The Morgan fingerprint density at radius 1 is 0.338 bits per heavy atom. The molecule has 0 rings (SSSR count). The van der Waals surface area contributed by atoms with Crippen molar-refractivity contribution in [2.75, 3.05) is 39.6 Å². The second-order valence-electron chi connectivity index (χ2n) is 22.6. The molecule has 5 atom stereocenters. The molecule has 0 aliphatic rings. The summed E-state index contributed by atoms with van der Waals surface area (Å²) in [6.07, 6.45) is 37.7. The minimum atomic E-state index is -4.94. The second-order valence-corrected chi connectivity index (χ2v) is 25.5. The molecule has 0 aliphatic heterocycles. The average Bonchev–Trinajstić information content (AvgIpc) is 3.42. The normalized spacial score (nSPS) is 14.3. The lowest BCUT2D eigenvalue weighted by molar-refractivity contribution is -0.161. The van der Waals surface area contributed by atoms with Crippen molar-refractivity contribution in [1.29, 1.82) is 0 Å². The number of phosphoric acid groups is 2. The lowest BCUT2D eigenvalue weighted by Gasteiger charge is -2.21. The third kappa shape index (κ3) is 55.3. The summed E-state index contributed by atoms with van der Waals surface area (Å²) in [5.41, 5.74) is 0. The molecule has 0 bridgehead atoms. The molecule has 0 aromatic heterocycles. The molecule has 0 aliphatic carbocycles. The fraction of sp³-hybridized carbons (Fsp3) is 0.934. The smallest absolute Gasteiger partial charge is 0.462 e. The van der Waals surface area contributed by atoms with Gasteiger partial charge in [-0.3, -0.25) is 37.3 Å². The number of hydrogen-bond donors (Lipinski definition) is 3. The van der Waals surface area contributed by atoms with Crippen molar-refractivity contribution in [3.05, 3.63) is 0 Å². The van der Waals surface area contributed by atoms with E-state index in [0.29, 0.717) is 25.7 Å². The van der Waals surface area contributed by atoms with Crippen molar-refractivity contribution in [2.24, 2.45) is 5.92 Å². The fourth-order valence-corrected chi connectivity index (χ4v) is 10.6. The van der Waals surface area contributed by atoms with Crippen LogP contribution in [0.3, 0.4) is 0 Å². The summed E-state index contributed by atoms with van der Waals surface area (Å²) >= 11 is 0. The van der Waals surface area contributed by atoms with Gasteiger partial charge in [0.15, 0.2) is 12.2 Å². The molecule has 17 nitrogen and oxygen atoms in total. The number of phosphoric ester groups is 2. The first-order chi connectivity index (χ1) is 38.5. The Morgan fingerprint density at radius 3 is 0.850 bits per heavy atom. The van der Waals surface area contributed by atoms with E-state index in [1.54, 1.807) is 0 Å². The molecule has 474 valence electrons. The minimum Gasteiger partial charge on any atom is -0.462 e. The van der Waals surface area contributed by atoms with Gasteiger partial charge in [0.1, 0.15) is 19.3 Å². The number of aliphatic hydroxyl groups is 1. The molecular formula is C61H118O17P2. The molecule has 2 unspecified atom stereocenters. The average molecular weight is 1190 g/mol. The van der Waals surface area contributed by atoms with E-state index in [-0.39, 0.29) is 25.7 Å². The summed E-state index contributed by atoms with van der Waals surface area (Å²) in [4.78, 5) is 71.8. The number of rotatable bonds is 61. The summed E-state index contributed by atoms with van der Waals surface area (Å²) in [6, 6.07) is 0. The van der Waals surface area contributed by atoms with E-state index >= 15 is 0 Å². The summed E-state index contributed by atoms with van der Waals surface area (Å²) in [5.74, 6) is -1.36. The molecule has 0 saturated carbocycles. The number of carbonyl (C=O) groups is 4. The van der Waals surface area contributed by atoms with Gasteiger partial charge in [-0.2, -0.15) is 0 Å². The number of esters is 4. The first-order valence-electron chi connectivity index (χ1n) is 32.1.